The number of rotatable bonds is 4. The lowest BCUT2D eigenvalue weighted by molar-refractivity contribution is 0.253. The molecule has 34 heavy (non-hydrogen) atoms. The molecule has 2 aliphatic rings. The normalized spacial score (nSPS) is 18.7. The second-order valence-corrected chi connectivity index (χ2v) is 9.51. The van der Waals surface area contributed by atoms with Gasteiger partial charge in [0.1, 0.15) is 11.5 Å². The molecule has 2 aliphatic heterocycles. The summed E-state index contributed by atoms with van der Waals surface area (Å²) in [7, 11) is 0. The molecular formula is C29H34N2O2S. The summed E-state index contributed by atoms with van der Waals surface area (Å²) in [5.74, 6) is 2.68. The van der Waals surface area contributed by atoms with Crippen LogP contribution in [0.15, 0.2) is 89.8 Å². The Morgan fingerprint density at radius 1 is 1.00 bits per heavy atom. The number of hydrogen-bond donors (Lipinski definition) is 1. The van der Waals surface area contributed by atoms with E-state index in [0.29, 0.717) is 11.8 Å². The molecule has 0 bridgehead atoms. The summed E-state index contributed by atoms with van der Waals surface area (Å²) in [6.07, 6.45) is 3.37. The Morgan fingerprint density at radius 3 is 2.29 bits per heavy atom. The zero-order valence-electron chi connectivity index (χ0n) is 19.8. The monoisotopic (exact) mass is 474 g/mol. The third-order valence-corrected chi connectivity index (χ3v) is 7.03. The van der Waals surface area contributed by atoms with Gasteiger partial charge in [0, 0.05) is 16.7 Å². The third kappa shape index (κ3) is 8.44. The lowest BCUT2D eigenvalue weighted by Gasteiger charge is -2.21. The highest BCUT2D eigenvalue weighted by atomic mass is 32.2. The molecular weight excluding hydrogens is 440 g/mol. The third-order valence-electron chi connectivity index (χ3n) is 6.01. The number of nitrogens with zero attached hydrogens (tertiary/aromatic N) is 2. The zero-order chi connectivity index (χ0) is 24.0. The van der Waals surface area contributed by atoms with Gasteiger partial charge >= 0.3 is 0 Å². The van der Waals surface area contributed by atoms with E-state index in [1.54, 1.807) is 24.3 Å². The average Bonchev–Trinajstić information content (AvgIpc) is 3.25. The first kappa shape index (κ1) is 25.7. The van der Waals surface area contributed by atoms with Crippen LogP contribution in [-0.4, -0.2) is 41.5 Å². The number of phenols is 1. The van der Waals surface area contributed by atoms with Gasteiger partial charge in [-0.3, -0.25) is 4.90 Å². The first-order valence-corrected chi connectivity index (χ1v) is 12.9. The number of ether oxygens (including phenoxy) is 1. The van der Waals surface area contributed by atoms with Gasteiger partial charge in [-0.25, -0.2) is 0 Å². The molecule has 3 aromatic carbocycles. The number of para-hydroxylation sites is 2. The number of thioether (sulfide) groups is 1. The molecule has 2 heterocycles. The topological polar surface area (TPSA) is 56.5 Å². The molecule has 5 heteroatoms. The van der Waals surface area contributed by atoms with Gasteiger partial charge in [-0.05, 0) is 69.1 Å². The number of aromatic hydroxyl groups is 1. The number of nitriles is 1. The van der Waals surface area contributed by atoms with Crippen LogP contribution in [0.2, 0.25) is 0 Å². The number of phenolic OH excluding ortho intramolecular Hbond substituents is 1. The number of hydrogen-bond acceptors (Lipinski definition) is 5. The molecule has 2 unspecified atom stereocenters. The summed E-state index contributed by atoms with van der Waals surface area (Å²) in [4.78, 5) is 3.73. The Bertz CT molecular complexity index is 982. The van der Waals surface area contributed by atoms with Crippen LogP contribution < -0.4 is 4.74 Å². The van der Waals surface area contributed by atoms with Crippen molar-refractivity contribution in [3.8, 4) is 17.6 Å². The Balaban J connectivity index is 0.000000160. The standard InChI is InChI=1S/C15H20N2.C8H8OS.C6H6O/c1-13-15(12-16)9-11-17(13)10-5-8-14-6-3-2-4-7-14;1-2-4-8-7(3-1)9-5-6-10-8;7-6-4-2-1-3-5-6/h2-4,6-7,13,15H,5,8-11H2,1H3;1-4H,5-6H2;1-5,7H. The van der Waals surface area contributed by atoms with Crippen LogP contribution in [-0.2, 0) is 6.42 Å². The predicted molar refractivity (Wildman–Crippen MR) is 140 cm³/mol. The Hall–Kier alpha value is -2.94. The van der Waals surface area contributed by atoms with Gasteiger partial charge in [0.25, 0.3) is 0 Å². The van der Waals surface area contributed by atoms with E-state index >= 15 is 0 Å². The predicted octanol–water partition coefficient (Wildman–Crippen LogP) is 6.42. The maximum absolute atomic E-state index is 8.98. The van der Waals surface area contributed by atoms with Crippen molar-refractivity contribution in [3.05, 3.63) is 90.5 Å². The smallest absolute Gasteiger partial charge is 0.132 e. The van der Waals surface area contributed by atoms with Crippen LogP contribution in [0.1, 0.15) is 25.3 Å². The van der Waals surface area contributed by atoms with E-state index in [2.05, 4.69) is 54.3 Å². The summed E-state index contributed by atoms with van der Waals surface area (Å²) < 4.78 is 5.40. The maximum atomic E-state index is 8.98. The van der Waals surface area contributed by atoms with Gasteiger partial charge in [-0.2, -0.15) is 5.26 Å². The van der Waals surface area contributed by atoms with E-state index in [4.69, 9.17) is 15.1 Å². The molecule has 5 rings (SSSR count). The molecule has 4 nitrogen and oxygen atoms in total. The summed E-state index contributed by atoms with van der Waals surface area (Å²) in [5, 5.41) is 17.6. The molecule has 1 saturated heterocycles. The van der Waals surface area contributed by atoms with Crippen molar-refractivity contribution < 1.29 is 9.84 Å². The molecule has 0 saturated carbocycles. The minimum Gasteiger partial charge on any atom is -0.508 e. The molecule has 1 N–H and O–H groups in total. The highest BCUT2D eigenvalue weighted by Crippen LogP contribution is 2.32. The molecule has 3 aromatic rings. The van der Waals surface area contributed by atoms with Crippen molar-refractivity contribution in [1.82, 2.24) is 4.90 Å². The molecule has 0 aromatic heterocycles. The minimum atomic E-state index is 0.242. The highest BCUT2D eigenvalue weighted by molar-refractivity contribution is 7.99. The number of fused-ring (bicyclic) bond motifs is 1. The maximum Gasteiger partial charge on any atom is 0.132 e. The van der Waals surface area contributed by atoms with Crippen LogP contribution in [0.3, 0.4) is 0 Å². The second-order valence-electron chi connectivity index (χ2n) is 8.37. The highest BCUT2D eigenvalue weighted by Gasteiger charge is 2.29. The quantitative estimate of drug-likeness (QED) is 0.473. The Kier molecular flexibility index (Phi) is 10.8. The number of likely N-dealkylation sites (tertiary alicyclic amines) is 1. The summed E-state index contributed by atoms with van der Waals surface area (Å²) in [5.41, 5.74) is 1.41. The van der Waals surface area contributed by atoms with E-state index in [0.717, 1.165) is 44.0 Å². The first-order chi connectivity index (χ1) is 16.7. The number of benzene rings is 3. The Labute approximate surface area is 208 Å². The van der Waals surface area contributed by atoms with E-state index in [1.807, 2.05) is 36.0 Å². The summed E-state index contributed by atoms with van der Waals surface area (Å²) >= 11 is 1.86. The molecule has 178 valence electrons. The van der Waals surface area contributed by atoms with Crippen LogP contribution in [0, 0.1) is 17.2 Å². The zero-order valence-corrected chi connectivity index (χ0v) is 20.7. The van der Waals surface area contributed by atoms with Crippen molar-refractivity contribution in [2.24, 2.45) is 5.92 Å². The van der Waals surface area contributed by atoms with Crippen molar-refractivity contribution >= 4 is 11.8 Å². The first-order valence-electron chi connectivity index (χ1n) is 11.9. The lowest BCUT2D eigenvalue weighted by Crippen LogP contribution is -2.30. The second kappa shape index (κ2) is 14.3. The van der Waals surface area contributed by atoms with Crippen molar-refractivity contribution in [1.29, 1.82) is 5.26 Å². The molecule has 2 atom stereocenters. The molecule has 0 amide bonds. The Morgan fingerprint density at radius 2 is 1.68 bits per heavy atom. The van der Waals surface area contributed by atoms with E-state index in [1.165, 1.54) is 16.9 Å². The van der Waals surface area contributed by atoms with E-state index < -0.39 is 0 Å². The average molecular weight is 475 g/mol. The van der Waals surface area contributed by atoms with Crippen molar-refractivity contribution in [2.75, 3.05) is 25.4 Å². The van der Waals surface area contributed by atoms with Crippen LogP contribution in [0.4, 0.5) is 0 Å². The minimum absolute atomic E-state index is 0.242. The summed E-state index contributed by atoms with van der Waals surface area (Å²) in [6, 6.07) is 30.3. The van der Waals surface area contributed by atoms with E-state index in [-0.39, 0.29) is 5.92 Å². The van der Waals surface area contributed by atoms with Gasteiger partial charge in [0.05, 0.1) is 18.6 Å². The fourth-order valence-corrected chi connectivity index (χ4v) is 4.87. The van der Waals surface area contributed by atoms with Gasteiger partial charge in [0.15, 0.2) is 0 Å². The van der Waals surface area contributed by atoms with Crippen LogP contribution in [0.25, 0.3) is 0 Å². The van der Waals surface area contributed by atoms with Crippen LogP contribution in [0.5, 0.6) is 11.5 Å². The fraction of sp³-hybridized carbons (Fsp3) is 0.345. The fourth-order valence-electron chi connectivity index (χ4n) is 4.04. The number of aryl methyl sites for hydroxylation is 1. The molecule has 1 fully saturated rings. The molecule has 0 radical (unpaired) electrons. The summed E-state index contributed by atoms with van der Waals surface area (Å²) in [6.45, 7) is 5.24. The van der Waals surface area contributed by atoms with Crippen molar-refractivity contribution in [3.63, 3.8) is 0 Å². The van der Waals surface area contributed by atoms with Crippen LogP contribution >= 0.6 is 11.8 Å². The van der Waals surface area contributed by atoms with Gasteiger partial charge < -0.3 is 9.84 Å². The largest absolute Gasteiger partial charge is 0.508 e. The van der Waals surface area contributed by atoms with E-state index in [9.17, 15) is 0 Å². The SMILES string of the molecule is CC1C(C#N)CCN1CCCc1ccccc1.Oc1ccccc1.c1ccc2c(c1)OCCS2. The van der Waals surface area contributed by atoms with Crippen molar-refractivity contribution in [2.45, 2.75) is 37.1 Å². The molecule has 0 aliphatic carbocycles. The van der Waals surface area contributed by atoms with Gasteiger partial charge in [-0.15, -0.1) is 11.8 Å². The van der Waals surface area contributed by atoms with Gasteiger partial charge in [0.2, 0.25) is 0 Å². The van der Waals surface area contributed by atoms with Gasteiger partial charge in [-0.1, -0.05) is 60.7 Å². The lowest BCUT2D eigenvalue weighted by atomic mass is 10.0. The molecule has 0 spiro atoms.